The van der Waals surface area contributed by atoms with E-state index in [0.29, 0.717) is 0 Å². The molecule has 1 heterocycles. The molecule has 2 aromatic rings. The van der Waals surface area contributed by atoms with E-state index >= 15 is 0 Å². The molecule has 0 N–H and O–H groups in total. The normalized spacial score (nSPS) is 10.6. The summed E-state index contributed by atoms with van der Waals surface area (Å²) >= 11 is 3.51. The van der Waals surface area contributed by atoms with E-state index in [-0.39, 0.29) is 0 Å². The molecule has 0 unspecified atom stereocenters. The molecule has 1 aromatic carbocycles. The number of benzene rings is 1. The van der Waals surface area contributed by atoms with Gasteiger partial charge in [0.25, 0.3) is 0 Å². The molecule has 0 bridgehead atoms. The highest BCUT2D eigenvalue weighted by atomic mass is 79.9. The van der Waals surface area contributed by atoms with Gasteiger partial charge in [-0.15, -0.1) is 0 Å². The molecule has 0 amide bonds. The number of hydrogen-bond acceptors (Lipinski definition) is 1. The predicted octanol–water partition coefficient (Wildman–Crippen LogP) is 3.92. The van der Waals surface area contributed by atoms with Crippen LogP contribution in [0.2, 0.25) is 0 Å². The number of halogens is 1. The van der Waals surface area contributed by atoms with Crippen LogP contribution in [0, 0.1) is 13.8 Å². The quantitative estimate of drug-likeness (QED) is 0.836. The van der Waals surface area contributed by atoms with E-state index in [1.165, 1.54) is 16.7 Å². The van der Waals surface area contributed by atoms with E-state index in [1.807, 2.05) is 6.07 Å². The molecule has 0 aliphatic heterocycles. The van der Waals surface area contributed by atoms with Gasteiger partial charge in [-0.25, -0.2) is 0 Å². The summed E-state index contributed by atoms with van der Waals surface area (Å²) in [7, 11) is 1.68. The van der Waals surface area contributed by atoms with Crippen LogP contribution in [-0.2, 0) is 6.54 Å². The van der Waals surface area contributed by atoms with Crippen molar-refractivity contribution in [3.63, 3.8) is 0 Å². The highest BCUT2D eigenvalue weighted by Crippen LogP contribution is 2.26. The van der Waals surface area contributed by atoms with Gasteiger partial charge in [0.1, 0.15) is 5.75 Å². The van der Waals surface area contributed by atoms with Crippen LogP contribution in [0.1, 0.15) is 16.7 Å². The lowest BCUT2D eigenvalue weighted by molar-refractivity contribution is 0.412. The van der Waals surface area contributed by atoms with Gasteiger partial charge in [0.2, 0.25) is 0 Å². The van der Waals surface area contributed by atoms with Gasteiger partial charge in [-0.05, 0) is 58.6 Å². The first-order valence-electron chi connectivity index (χ1n) is 5.55. The number of nitrogens with zero attached hydrogens (tertiary/aromatic N) is 1. The van der Waals surface area contributed by atoms with Crippen LogP contribution in [0.25, 0.3) is 0 Å². The molecular weight excluding hydrogens is 278 g/mol. The molecule has 0 fully saturated rings. The van der Waals surface area contributed by atoms with Crippen LogP contribution in [0.15, 0.2) is 35.1 Å². The topological polar surface area (TPSA) is 14.2 Å². The Hall–Kier alpha value is -1.22. The third kappa shape index (κ3) is 2.72. The van der Waals surface area contributed by atoms with Gasteiger partial charge in [0, 0.05) is 18.9 Å². The van der Waals surface area contributed by atoms with Crippen molar-refractivity contribution in [3.05, 3.63) is 51.8 Å². The number of ether oxygens (including phenoxy) is 1. The van der Waals surface area contributed by atoms with E-state index in [0.717, 1.165) is 16.8 Å². The molecule has 90 valence electrons. The molecule has 3 heteroatoms. The lowest BCUT2D eigenvalue weighted by Crippen LogP contribution is -1.96. The van der Waals surface area contributed by atoms with Crippen molar-refractivity contribution in [2.24, 2.45) is 0 Å². The van der Waals surface area contributed by atoms with Crippen molar-refractivity contribution < 1.29 is 4.74 Å². The molecule has 0 aliphatic rings. The van der Waals surface area contributed by atoms with Crippen molar-refractivity contribution in [1.82, 2.24) is 4.57 Å². The fourth-order valence-corrected chi connectivity index (χ4v) is 2.44. The fraction of sp³-hybridized carbons (Fsp3) is 0.286. The number of aromatic nitrogens is 1. The minimum absolute atomic E-state index is 0.869. The third-order valence-corrected chi connectivity index (χ3v) is 3.54. The maximum atomic E-state index is 5.22. The van der Waals surface area contributed by atoms with Crippen LogP contribution in [0.4, 0.5) is 0 Å². The summed E-state index contributed by atoms with van der Waals surface area (Å²) in [6.07, 6.45) is 4.35. The van der Waals surface area contributed by atoms with Crippen LogP contribution in [-0.4, -0.2) is 11.7 Å². The summed E-state index contributed by atoms with van der Waals surface area (Å²) in [4.78, 5) is 0. The average Bonchev–Trinajstić information content (AvgIpc) is 2.58. The van der Waals surface area contributed by atoms with Gasteiger partial charge in [-0.2, -0.15) is 0 Å². The Morgan fingerprint density at radius 3 is 2.35 bits per heavy atom. The van der Waals surface area contributed by atoms with Crippen molar-refractivity contribution in [1.29, 1.82) is 0 Å². The van der Waals surface area contributed by atoms with Gasteiger partial charge >= 0.3 is 0 Å². The molecule has 2 nitrogen and oxygen atoms in total. The minimum Gasteiger partial charge on any atom is -0.496 e. The Kier molecular flexibility index (Phi) is 3.57. The molecule has 17 heavy (non-hydrogen) atoms. The first kappa shape index (κ1) is 12.2. The van der Waals surface area contributed by atoms with E-state index in [4.69, 9.17) is 4.74 Å². The highest BCUT2D eigenvalue weighted by molar-refractivity contribution is 9.10. The van der Waals surface area contributed by atoms with Gasteiger partial charge < -0.3 is 9.30 Å². The molecule has 2 rings (SSSR count). The molecule has 0 aliphatic carbocycles. The van der Waals surface area contributed by atoms with Gasteiger partial charge in [0.05, 0.1) is 11.6 Å². The highest BCUT2D eigenvalue weighted by Gasteiger charge is 2.03. The Morgan fingerprint density at radius 1 is 1.18 bits per heavy atom. The molecule has 1 aromatic heterocycles. The minimum atomic E-state index is 0.869. The number of methoxy groups -OCH3 is 1. The summed E-state index contributed by atoms with van der Waals surface area (Å²) in [5.41, 5.74) is 3.92. The average molecular weight is 294 g/mol. The maximum Gasteiger partial charge on any atom is 0.133 e. The first-order chi connectivity index (χ1) is 8.10. The molecule has 0 atom stereocenters. The second kappa shape index (κ2) is 4.96. The molecule has 0 saturated heterocycles. The van der Waals surface area contributed by atoms with Crippen LogP contribution < -0.4 is 4.74 Å². The van der Waals surface area contributed by atoms with Crippen molar-refractivity contribution >= 4 is 15.9 Å². The molecular formula is C14H16BrNO. The molecule has 0 radical (unpaired) electrons. The maximum absolute atomic E-state index is 5.22. The number of rotatable bonds is 3. The Bertz CT molecular complexity index is 512. The van der Waals surface area contributed by atoms with E-state index in [9.17, 15) is 0 Å². The van der Waals surface area contributed by atoms with Gasteiger partial charge in [0.15, 0.2) is 0 Å². The first-order valence-corrected chi connectivity index (χ1v) is 6.35. The Balaban J connectivity index is 2.21. The largest absolute Gasteiger partial charge is 0.496 e. The standard InChI is InChI=1S/C14H16BrNO/c1-10-7-16(8-11(10)2)9-12-4-5-14(17-3)13(15)6-12/h4-8H,9H2,1-3H3. The van der Waals surface area contributed by atoms with Crippen molar-refractivity contribution in [2.75, 3.05) is 7.11 Å². The Morgan fingerprint density at radius 2 is 1.82 bits per heavy atom. The van der Waals surface area contributed by atoms with Gasteiger partial charge in [-0.3, -0.25) is 0 Å². The lowest BCUT2D eigenvalue weighted by atomic mass is 10.2. The second-order valence-corrected chi connectivity index (χ2v) is 5.12. The Labute approximate surface area is 110 Å². The fourth-order valence-electron chi connectivity index (χ4n) is 1.85. The second-order valence-electron chi connectivity index (χ2n) is 4.27. The molecule has 0 spiro atoms. The lowest BCUT2D eigenvalue weighted by Gasteiger charge is -2.07. The summed E-state index contributed by atoms with van der Waals surface area (Å²) in [5.74, 6) is 0.869. The zero-order valence-electron chi connectivity index (χ0n) is 10.3. The summed E-state index contributed by atoms with van der Waals surface area (Å²) < 4.78 is 8.43. The summed E-state index contributed by atoms with van der Waals surface area (Å²) in [6, 6.07) is 6.18. The van der Waals surface area contributed by atoms with Crippen LogP contribution >= 0.6 is 15.9 Å². The van der Waals surface area contributed by atoms with Crippen LogP contribution in [0.3, 0.4) is 0 Å². The monoisotopic (exact) mass is 293 g/mol. The predicted molar refractivity (Wildman–Crippen MR) is 73.7 cm³/mol. The van der Waals surface area contributed by atoms with E-state index < -0.39 is 0 Å². The number of aryl methyl sites for hydroxylation is 2. The molecule has 0 saturated carbocycles. The van der Waals surface area contributed by atoms with E-state index in [1.54, 1.807) is 7.11 Å². The summed E-state index contributed by atoms with van der Waals surface area (Å²) in [5, 5.41) is 0. The van der Waals surface area contributed by atoms with Crippen molar-refractivity contribution in [3.8, 4) is 5.75 Å². The van der Waals surface area contributed by atoms with Crippen LogP contribution in [0.5, 0.6) is 5.75 Å². The van der Waals surface area contributed by atoms with Crippen molar-refractivity contribution in [2.45, 2.75) is 20.4 Å². The zero-order valence-corrected chi connectivity index (χ0v) is 11.9. The van der Waals surface area contributed by atoms with E-state index in [2.05, 4.69) is 58.9 Å². The smallest absolute Gasteiger partial charge is 0.133 e. The number of hydrogen-bond donors (Lipinski definition) is 0. The van der Waals surface area contributed by atoms with Gasteiger partial charge in [-0.1, -0.05) is 6.07 Å². The SMILES string of the molecule is COc1ccc(Cn2cc(C)c(C)c2)cc1Br. The third-order valence-electron chi connectivity index (χ3n) is 2.92. The summed E-state index contributed by atoms with van der Waals surface area (Å²) in [6.45, 7) is 5.16. The zero-order chi connectivity index (χ0) is 12.4.